The lowest BCUT2D eigenvalue weighted by atomic mass is 10.2. The maximum absolute atomic E-state index is 9.67. The fourth-order valence-electron chi connectivity index (χ4n) is 1.73. The number of nitrogens with zero attached hydrogens (tertiary/aromatic N) is 1. The lowest BCUT2D eigenvalue weighted by Gasteiger charge is -2.25. The molecule has 1 fully saturated rings. The normalized spacial score (nSPS) is 24.4. The first-order valence-electron chi connectivity index (χ1n) is 5.40. The summed E-state index contributed by atoms with van der Waals surface area (Å²) in [5, 5.41) is 12.8. The topological polar surface area (TPSA) is 44.7 Å². The molecule has 1 saturated heterocycles. The molecule has 0 spiro atoms. The Morgan fingerprint density at radius 1 is 1.64 bits per heavy atom. The predicted octanol–water partition coefficient (Wildman–Crippen LogP) is -0.322. The third-order valence-corrected chi connectivity index (χ3v) is 2.66. The van der Waals surface area contributed by atoms with Gasteiger partial charge >= 0.3 is 0 Å². The molecular formula is C10H22N2O2. The first kappa shape index (κ1) is 11.9. The summed E-state index contributed by atoms with van der Waals surface area (Å²) in [5.41, 5.74) is 0. The van der Waals surface area contributed by atoms with Crippen molar-refractivity contribution in [2.24, 2.45) is 0 Å². The average Bonchev–Trinajstić information content (AvgIpc) is 2.67. The standard InChI is InChI=1S/C10H22N2O2/c1-3-11-6-10(13)7-12(2)9-4-5-14-8-9/h9-11,13H,3-8H2,1-2H3. The van der Waals surface area contributed by atoms with Gasteiger partial charge in [0.1, 0.15) is 0 Å². The first-order valence-corrected chi connectivity index (χ1v) is 5.40. The molecule has 0 amide bonds. The van der Waals surface area contributed by atoms with Gasteiger partial charge in [0.15, 0.2) is 0 Å². The van der Waals surface area contributed by atoms with Gasteiger partial charge in [0.2, 0.25) is 0 Å². The highest BCUT2D eigenvalue weighted by Crippen LogP contribution is 2.10. The Labute approximate surface area is 86.2 Å². The van der Waals surface area contributed by atoms with Gasteiger partial charge in [-0.1, -0.05) is 6.92 Å². The van der Waals surface area contributed by atoms with Gasteiger partial charge in [0.25, 0.3) is 0 Å². The third-order valence-electron chi connectivity index (χ3n) is 2.66. The van der Waals surface area contributed by atoms with E-state index in [1.165, 1.54) is 0 Å². The van der Waals surface area contributed by atoms with Crippen LogP contribution in [0.2, 0.25) is 0 Å². The van der Waals surface area contributed by atoms with Gasteiger partial charge < -0.3 is 15.2 Å². The van der Waals surface area contributed by atoms with E-state index in [0.29, 0.717) is 12.6 Å². The van der Waals surface area contributed by atoms with E-state index in [0.717, 1.165) is 32.7 Å². The molecule has 0 radical (unpaired) electrons. The molecule has 2 atom stereocenters. The molecule has 0 saturated carbocycles. The molecule has 0 aromatic rings. The summed E-state index contributed by atoms with van der Waals surface area (Å²) in [4.78, 5) is 2.19. The summed E-state index contributed by atoms with van der Waals surface area (Å²) in [6, 6.07) is 0.492. The molecule has 1 aliphatic heterocycles. The number of nitrogens with one attached hydrogen (secondary N) is 1. The van der Waals surface area contributed by atoms with Crippen molar-refractivity contribution in [3.63, 3.8) is 0 Å². The molecule has 2 N–H and O–H groups in total. The molecule has 84 valence electrons. The van der Waals surface area contributed by atoms with Crippen molar-refractivity contribution in [3.8, 4) is 0 Å². The van der Waals surface area contributed by atoms with E-state index in [-0.39, 0.29) is 6.10 Å². The van der Waals surface area contributed by atoms with Crippen LogP contribution in [-0.2, 0) is 4.74 Å². The second-order valence-corrected chi connectivity index (χ2v) is 3.92. The van der Waals surface area contributed by atoms with Crippen LogP contribution >= 0.6 is 0 Å². The van der Waals surface area contributed by atoms with Crippen LogP contribution in [0.5, 0.6) is 0 Å². The molecule has 14 heavy (non-hydrogen) atoms. The molecule has 0 bridgehead atoms. The Bertz CT molecular complexity index is 149. The monoisotopic (exact) mass is 202 g/mol. The van der Waals surface area contributed by atoms with Crippen LogP contribution in [0.4, 0.5) is 0 Å². The Morgan fingerprint density at radius 2 is 2.43 bits per heavy atom. The molecule has 0 aromatic carbocycles. The van der Waals surface area contributed by atoms with E-state index < -0.39 is 0 Å². The fraction of sp³-hybridized carbons (Fsp3) is 1.00. The highest BCUT2D eigenvalue weighted by molar-refractivity contribution is 4.75. The van der Waals surface area contributed by atoms with E-state index in [4.69, 9.17) is 4.74 Å². The molecular weight excluding hydrogens is 180 g/mol. The average molecular weight is 202 g/mol. The van der Waals surface area contributed by atoms with Crippen molar-refractivity contribution in [2.45, 2.75) is 25.5 Å². The lowest BCUT2D eigenvalue weighted by molar-refractivity contribution is 0.0946. The molecule has 0 aromatic heterocycles. The molecule has 4 heteroatoms. The summed E-state index contributed by atoms with van der Waals surface area (Å²) in [6.45, 7) is 6.02. The maximum atomic E-state index is 9.67. The zero-order valence-electron chi connectivity index (χ0n) is 9.20. The Kier molecular flexibility index (Phi) is 5.40. The number of rotatable bonds is 6. The Morgan fingerprint density at radius 3 is 3.00 bits per heavy atom. The van der Waals surface area contributed by atoms with E-state index in [1.807, 2.05) is 6.92 Å². The number of ether oxygens (including phenoxy) is 1. The summed E-state index contributed by atoms with van der Waals surface area (Å²) >= 11 is 0. The van der Waals surface area contributed by atoms with E-state index in [9.17, 15) is 5.11 Å². The predicted molar refractivity (Wildman–Crippen MR) is 56.4 cm³/mol. The lowest BCUT2D eigenvalue weighted by Crippen LogP contribution is -2.41. The molecule has 1 heterocycles. The van der Waals surface area contributed by atoms with Gasteiger partial charge in [-0.3, -0.25) is 4.90 Å². The second kappa shape index (κ2) is 6.35. The molecule has 1 rings (SSSR count). The smallest absolute Gasteiger partial charge is 0.0791 e. The van der Waals surface area contributed by atoms with Crippen LogP contribution in [0.3, 0.4) is 0 Å². The minimum atomic E-state index is -0.277. The van der Waals surface area contributed by atoms with Crippen LogP contribution < -0.4 is 5.32 Å². The summed E-state index contributed by atoms with van der Waals surface area (Å²) in [7, 11) is 2.05. The van der Waals surface area contributed by atoms with Crippen LogP contribution in [0.1, 0.15) is 13.3 Å². The van der Waals surface area contributed by atoms with E-state index in [2.05, 4.69) is 17.3 Å². The molecule has 1 aliphatic rings. The number of hydrogen-bond donors (Lipinski definition) is 2. The van der Waals surface area contributed by atoms with Gasteiger partial charge in [-0.25, -0.2) is 0 Å². The quantitative estimate of drug-likeness (QED) is 0.619. The Balaban J connectivity index is 2.14. The van der Waals surface area contributed by atoms with Crippen molar-refractivity contribution in [3.05, 3.63) is 0 Å². The highest BCUT2D eigenvalue weighted by atomic mass is 16.5. The highest BCUT2D eigenvalue weighted by Gasteiger charge is 2.21. The zero-order valence-corrected chi connectivity index (χ0v) is 9.20. The zero-order chi connectivity index (χ0) is 10.4. The molecule has 4 nitrogen and oxygen atoms in total. The summed E-state index contributed by atoms with van der Waals surface area (Å²) < 4.78 is 5.30. The summed E-state index contributed by atoms with van der Waals surface area (Å²) in [5.74, 6) is 0. The van der Waals surface area contributed by atoms with Crippen molar-refractivity contribution >= 4 is 0 Å². The van der Waals surface area contributed by atoms with Gasteiger partial charge in [-0.05, 0) is 20.0 Å². The van der Waals surface area contributed by atoms with Gasteiger partial charge in [0.05, 0.1) is 12.7 Å². The van der Waals surface area contributed by atoms with Gasteiger partial charge in [-0.2, -0.15) is 0 Å². The largest absolute Gasteiger partial charge is 0.390 e. The second-order valence-electron chi connectivity index (χ2n) is 3.92. The molecule has 0 aliphatic carbocycles. The van der Waals surface area contributed by atoms with Crippen molar-refractivity contribution in [1.82, 2.24) is 10.2 Å². The minimum Gasteiger partial charge on any atom is -0.390 e. The van der Waals surface area contributed by atoms with Crippen LogP contribution in [-0.4, -0.2) is 62.0 Å². The minimum absolute atomic E-state index is 0.277. The van der Waals surface area contributed by atoms with E-state index >= 15 is 0 Å². The van der Waals surface area contributed by atoms with Crippen LogP contribution in [0.15, 0.2) is 0 Å². The first-order chi connectivity index (χ1) is 6.74. The maximum Gasteiger partial charge on any atom is 0.0791 e. The summed E-state index contributed by atoms with van der Waals surface area (Å²) in [6.07, 6.45) is 0.810. The number of likely N-dealkylation sites (N-methyl/N-ethyl adjacent to an activating group) is 2. The number of aliphatic hydroxyl groups is 1. The number of aliphatic hydroxyl groups excluding tert-OH is 1. The van der Waals surface area contributed by atoms with Crippen molar-refractivity contribution in [2.75, 3.05) is 39.9 Å². The fourth-order valence-corrected chi connectivity index (χ4v) is 1.73. The van der Waals surface area contributed by atoms with Crippen LogP contribution in [0.25, 0.3) is 0 Å². The SMILES string of the molecule is CCNCC(O)CN(C)C1CCOC1. The molecule has 2 unspecified atom stereocenters. The van der Waals surface area contributed by atoms with Gasteiger partial charge in [-0.15, -0.1) is 0 Å². The van der Waals surface area contributed by atoms with Gasteiger partial charge in [0, 0.05) is 25.7 Å². The van der Waals surface area contributed by atoms with E-state index in [1.54, 1.807) is 0 Å². The van der Waals surface area contributed by atoms with Crippen molar-refractivity contribution in [1.29, 1.82) is 0 Å². The van der Waals surface area contributed by atoms with Crippen molar-refractivity contribution < 1.29 is 9.84 Å². The number of hydrogen-bond acceptors (Lipinski definition) is 4. The third kappa shape index (κ3) is 3.92. The Hall–Kier alpha value is -0.160. The van der Waals surface area contributed by atoms with Crippen LogP contribution in [0, 0.1) is 0 Å².